The first kappa shape index (κ1) is 12.1. The van der Waals surface area contributed by atoms with E-state index in [-0.39, 0.29) is 11.3 Å². The molecule has 0 aliphatic heterocycles. The predicted molar refractivity (Wildman–Crippen MR) is 43.6 cm³/mol. The molecule has 1 heterocycles. The summed E-state index contributed by atoms with van der Waals surface area (Å²) < 4.78 is 39.9. The average Bonchev–Trinajstić information content (AvgIpc) is 2.60. The molecule has 1 aromatic rings. The van der Waals surface area contributed by atoms with Crippen LogP contribution in [0.25, 0.3) is 0 Å². The Bertz CT molecular complexity index is 410. The topological polar surface area (TPSA) is 79.5 Å². The zero-order chi connectivity index (χ0) is 12.3. The molecular formula is C8H6F3NO4. The number of hydrogen-bond donors (Lipinski definition) is 2. The lowest BCUT2D eigenvalue weighted by Gasteiger charge is -2.05. The van der Waals surface area contributed by atoms with Gasteiger partial charge in [0.2, 0.25) is 0 Å². The highest BCUT2D eigenvalue weighted by Crippen LogP contribution is 2.15. The van der Waals surface area contributed by atoms with Gasteiger partial charge in [0.1, 0.15) is 12.0 Å². The molecule has 16 heavy (non-hydrogen) atoms. The van der Waals surface area contributed by atoms with Gasteiger partial charge < -0.3 is 14.8 Å². The van der Waals surface area contributed by atoms with Gasteiger partial charge in [0, 0.05) is 0 Å². The van der Waals surface area contributed by atoms with Crippen molar-refractivity contribution in [3.63, 3.8) is 0 Å². The van der Waals surface area contributed by atoms with E-state index in [9.17, 15) is 22.8 Å². The Balaban J connectivity index is 2.55. The molecule has 0 spiro atoms. The fourth-order valence-corrected chi connectivity index (χ4v) is 0.853. The highest BCUT2D eigenvalue weighted by molar-refractivity contribution is 5.87. The fourth-order valence-electron chi connectivity index (χ4n) is 0.853. The van der Waals surface area contributed by atoms with Gasteiger partial charge in [0.15, 0.2) is 0 Å². The number of furan rings is 1. The van der Waals surface area contributed by atoms with Crippen LogP contribution in [0.1, 0.15) is 16.1 Å². The summed E-state index contributed by atoms with van der Waals surface area (Å²) in [6.07, 6.45) is -4.10. The number of carbonyl (C=O) groups excluding carboxylic acids is 1. The maximum atomic E-state index is 11.7. The second-order valence-corrected chi connectivity index (χ2v) is 2.79. The summed E-state index contributed by atoms with van der Waals surface area (Å²) in [5, 5.41) is 10.0. The SMILES string of the molecule is O=C(O)c1coc(CNC(=O)C(F)(F)F)c1. The minimum Gasteiger partial charge on any atom is -0.478 e. The lowest BCUT2D eigenvalue weighted by molar-refractivity contribution is -0.173. The first-order valence-corrected chi connectivity index (χ1v) is 3.96. The van der Waals surface area contributed by atoms with E-state index in [4.69, 9.17) is 5.11 Å². The highest BCUT2D eigenvalue weighted by atomic mass is 19.4. The molecule has 5 nitrogen and oxygen atoms in total. The minimum absolute atomic E-state index is 0.0741. The third-order valence-electron chi connectivity index (χ3n) is 1.58. The van der Waals surface area contributed by atoms with Crippen molar-refractivity contribution in [2.24, 2.45) is 0 Å². The van der Waals surface area contributed by atoms with E-state index in [2.05, 4.69) is 4.42 Å². The summed E-state index contributed by atoms with van der Waals surface area (Å²) in [6, 6.07) is 1.03. The zero-order valence-electron chi connectivity index (χ0n) is 7.67. The van der Waals surface area contributed by atoms with E-state index < -0.39 is 24.6 Å². The molecule has 0 aliphatic rings. The zero-order valence-corrected chi connectivity index (χ0v) is 7.67. The summed E-state index contributed by atoms with van der Waals surface area (Å²) in [7, 11) is 0. The summed E-state index contributed by atoms with van der Waals surface area (Å²) in [5.41, 5.74) is -0.198. The number of aromatic carboxylic acids is 1. The molecule has 0 atom stereocenters. The molecule has 1 amide bonds. The van der Waals surface area contributed by atoms with Crippen LogP contribution in [0.2, 0.25) is 0 Å². The van der Waals surface area contributed by atoms with Gasteiger partial charge in [-0.15, -0.1) is 0 Å². The Morgan fingerprint density at radius 3 is 2.50 bits per heavy atom. The van der Waals surface area contributed by atoms with Crippen LogP contribution < -0.4 is 5.32 Å². The number of halogens is 3. The predicted octanol–water partition coefficient (Wildman–Crippen LogP) is 1.16. The molecule has 0 aromatic carbocycles. The van der Waals surface area contributed by atoms with Crippen LogP contribution in [0.15, 0.2) is 16.7 Å². The monoisotopic (exact) mass is 237 g/mol. The second-order valence-electron chi connectivity index (χ2n) is 2.79. The quantitative estimate of drug-likeness (QED) is 0.826. The Kier molecular flexibility index (Phi) is 3.21. The highest BCUT2D eigenvalue weighted by Gasteiger charge is 2.38. The molecule has 0 fully saturated rings. The number of carboxylic acids is 1. The molecule has 0 bridgehead atoms. The second kappa shape index (κ2) is 4.25. The van der Waals surface area contributed by atoms with E-state index in [0.29, 0.717) is 0 Å². The third-order valence-corrected chi connectivity index (χ3v) is 1.58. The van der Waals surface area contributed by atoms with Crippen LogP contribution in [-0.2, 0) is 11.3 Å². The van der Waals surface area contributed by atoms with Crippen LogP contribution in [0, 0.1) is 0 Å². The molecule has 0 unspecified atom stereocenters. The number of alkyl halides is 3. The standard InChI is InChI=1S/C8H6F3NO4/c9-8(10,11)7(15)12-2-5-1-4(3-16-5)6(13)14/h1,3H,2H2,(H,12,15)(H,13,14). The third kappa shape index (κ3) is 3.01. The smallest absolute Gasteiger partial charge is 0.471 e. The van der Waals surface area contributed by atoms with Crippen LogP contribution in [0.4, 0.5) is 13.2 Å². The van der Waals surface area contributed by atoms with Gasteiger partial charge in [-0.1, -0.05) is 0 Å². The number of nitrogens with one attached hydrogen (secondary N) is 1. The van der Waals surface area contributed by atoms with Crippen LogP contribution in [0.5, 0.6) is 0 Å². The number of amides is 1. The van der Waals surface area contributed by atoms with Crippen molar-refractivity contribution in [2.45, 2.75) is 12.7 Å². The molecule has 0 aliphatic carbocycles. The maximum Gasteiger partial charge on any atom is 0.471 e. The van der Waals surface area contributed by atoms with Gasteiger partial charge in [0.05, 0.1) is 12.1 Å². The van der Waals surface area contributed by atoms with E-state index in [1.165, 1.54) is 0 Å². The van der Waals surface area contributed by atoms with E-state index in [1.807, 2.05) is 0 Å². The Hall–Kier alpha value is -1.99. The van der Waals surface area contributed by atoms with Crippen molar-refractivity contribution < 1.29 is 32.3 Å². The van der Waals surface area contributed by atoms with Crippen molar-refractivity contribution in [1.29, 1.82) is 0 Å². The number of carboxylic acid groups (broad SMARTS) is 1. The van der Waals surface area contributed by atoms with Gasteiger partial charge >= 0.3 is 18.1 Å². The molecular weight excluding hydrogens is 231 g/mol. The van der Waals surface area contributed by atoms with Gasteiger partial charge in [-0.3, -0.25) is 4.79 Å². The summed E-state index contributed by atoms with van der Waals surface area (Å²) in [6.45, 7) is -0.522. The molecule has 0 saturated carbocycles. The fraction of sp³-hybridized carbons (Fsp3) is 0.250. The molecule has 1 rings (SSSR count). The molecule has 2 N–H and O–H groups in total. The summed E-state index contributed by atoms with van der Waals surface area (Å²) in [4.78, 5) is 20.8. The average molecular weight is 237 g/mol. The van der Waals surface area contributed by atoms with Gasteiger partial charge in [0.25, 0.3) is 0 Å². The largest absolute Gasteiger partial charge is 0.478 e. The molecule has 0 saturated heterocycles. The minimum atomic E-state index is -4.97. The van der Waals surface area contributed by atoms with Crippen molar-refractivity contribution in [3.8, 4) is 0 Å². The van der Waals surface area contributed by atoms with Gasteiger partial charge in [-0.05, 0) is 6.07 Å². The molecule has 1 aromatic heterocycles. The van der Waals surface area contributed by atoms with E-state index >= 15 is 0 Å². The lowest BCUT2D eigenvalue weighted by atomic mass is 10.3. The van der Waals surface area contributed by atoms with Crippen molar-refractivity contribution in [2.75, 3.05) is 0 Å². The first-order chi connectivity index (χ1) is 7.30. The van der Waals surface area contributed by atoms with Crippen LogP contribution in [0.3, 0.4) is 0 Å². The Labute approximate surface area is 86.8 Å². The number of rotatable bonds is 3. The number of carbonyl (C=O) groups is 2. The van der Waals surface area contributed by atoms with Crippen molar-refractivity contribution in [1.82, 2.24) is 5.32 Å². The normalized spacial score (nSPS) is 11.2. The molecule has 8 heteroatoms. The van der Waals surface area contributed by atoms with E-state index in [0.717, 1.165) is 12.3 Å². The van der Waals surface area contributed by atoms with Crippen LogP contribution in [-0.4, -0.2) is 23.2 Å². The Morgan fingerprint density at radius 1 is 1.44 bits per heavy atom. The van der Waals surface area contributed by atoms with Gasteiger partial charge in [-0.25, -0.2) is 4.79 Å². The molecule has 0 radical (unpaired) electrons. The Morgan fingerprint density at radius 2 is 2.06 bits per heavy atom. The lowest BCUT2D eigenvalue weighted by Crippen LogP contribution is -2.36. The summed E-state index contributed by atoms with van der Waals surface area (Å²) in [5.74, 6) is -3.45. The van der Waals surface area contributed by atoms with E-state index in [1.54, 1.807) is 5.32 Å². The maximum absolute atomic E-state index is 11.7. The van der Waals surface area contributed by atoms with Crippen molar-refractivity contribution in [3.05, 3.63) is 23.7 Å². The molecule has 88 valence electrons. The van der Waals surface area contributed by atoms with Gasteiger partial charge in [-0.2, -0.15) is 13.2 Å². The number of hydrogen-bond acceptors (Lipinski definition) is 3. The van der Waals surface area contributed by atoms with Crippen LogP contribution >= 0.6 is 0 Å². The summed E-state index contributed by atoms with van der Waals surface area (Å²) >= 11 is 0. The first-order valence-electron chi connectivity index (χ1n) is 3.96. The van der Waals surface area contributed by atoms with Crippen molar-refractivity contribution >= 4 is 11.9 Å².